The van der Waals surface area contributed by atoms with Crippen molar-refractivity contribution in [3.8, 4) is 0 Å². The van der Waals surface area contributed by atoms with Crippen molar-refractivity contribution < 1.29 is 0 Å². The van der Waals surface area contributed by atoms with Crippen molar-refractivity contribution in [3.63, 3.8) is 0 Å². The SMILES string of the molecule is C[C@H]1C=C(c2csc(=S)[nH]2)CN1. The average Bonchev–Trinajstić information content (AvgIpc) is 2.58. The van der Waals surface area contributed by atoms with E-state index in [1.165, 1.54) is 11.3 Å². The number of aromatic nitrogens is 1. The summed E-state index contributed by atoms with van der Waals surface area (Å²) in [7, 11) is 0. The molecule has 4 heteroatoms. The molecular formula is C8H10N2S2. The maximum Gasteiger partial charge on any atom is 0.158 e. The predicted octanol–water partition coefficient (Wildman–Crippen LogP) is 2.18. The Hall–Kier alpha value is -0.450. The first-order valence-corrected chi connectivity index (χ1v) is 5.17. The van der Waals surface area contributed by atoms with E-state index in [4.69, 9.17) is 12.2 Å². The molecule has 2 heterocycles. The topological polar surface area (TPSA) is 27.8 Å². The summed E-state index contributed by atoms with van der Waals surface area (Å²) in [5.41, 5.74) is 2.50. The van der Waals surface area contributed by atoms with Gasteiger partial charge >= 0.3 is 0 Å². The lowest BCUT2D eigenvalue weighted by molar-refractivity contribution is 0.728. The summed E-state index contributed by atoms with van der Waals surface area (Å²) in [6.45, 7) is 3.09. The number of nitrogens with one attached hydrogen (secondary N) is 2. The lowest BCUT2D eigenvalue weighted by atomic mass is 10.2. The van der Waals surface area contributed by atoms with Gasteiger partial charge in [-0.05, 0) is 24.7 Å². The molecule has 12 heavy (non-hydrogen) atoms. The number of aromatic amines is 1. The van der Waals surface area contributed by atoms with E-state index in [0.717, 1.165) is 10.5 Å². The molecule has 0 aliphatic carbocycles. The average molecular weight is 198 g/mol. The minimum absolute atomic E-state index is 0.488. The quantitative estimate of drug-likeness (QED) is 0.677. The van der Waals surface area contributed by atoms with Gasteiger partial charge in [-0.25, -0.2) is 0 Å². The number of hydrogen-bond acceptors (Lipinski definition) is 3. The molecule has 0 radical (unpaired) electrons. The molecule has 0 aromatic carbocycles. The molecule has 2 rings (SSSR count). The van der Waals surface area contributed by atoms with Gasteiger partial charge in [-0.15, -0.1) is 11.3 Å². The highest BCUT2D eigenvalue weighted by Gasteiger charge is 2.12. The second-order valence-corrected chi connectivity index (χ2v) is 4.47. The molecule has 1 atom stereocenters. The molecule has 1 aliphatic rings. The van der Waals surface area contributed by atoms with Crippen LogP contribution in [0.1, 0.15) is 12.6 Å². The van der Waals surface area contributed by atoms with E-state index in [1.54, 1.807) is 11.3 Å². The van der Waals surface area contributed by atoms with Gasteiger partial charge in [0.2, 0.25) is 0 Å². The Labute approximate surface area is 80.3 Å². The molecule has 2 N–H and O–H groups in total. The van der Waals surface area contributed by atoms with Gasteiger partial charge in [0.25, 0.3) is 0 Å². The van der Waals surface area contributed by atoms with Gasteiger partial charge in [-0.1, -0.05) is 6.08 Å². The Morgan fingerprint density at radius 2 is 2.50 bits per heavy atom. The number of thiazole rings is 1. The molecule has 0 fully saturated rings. The van der Waals surface area contributed by atoms with Gasteiger partial charge in [0, 0.05) is 18.0 Å². The van der Waals surface area contributed by atoms with Crippen LogP contribution in [0.2, 0.25) is 0 Å². The maximum atomic E-state index is 5.01. The van der Waals surface area contributed by atoms with Crippen LogP contribution in [0.15, 0.2) is 11.5 Å². The lowest BCUT2D eigenvalue weighted by Gasteiger charge is -1.96. The first-order chi connectivity index (χ1) is 5.75. The molecule has 0 spiro atoms. The normalized spacial score (nSPS) is 22.8. The highest BCUT2D eigenvalue weighted by molar-refractivity contribution is 7.73. The minimum Gasteiger partial charge on any atom is -0.337 e. The van der Waals surface area contributed by atoms with Crippen LogP contribution >= 0.6 is 23.6 Å². The Kier molecular flexibility index (Phi) is 2.12. The maximum absolute atomic E-state index is 5.01. The van der Waals surface area contributed by atoms with Gasteiger partial charge in [-0.2, -0.15) is 0 Å². The molecule has 1 aliphatic heterocycles. The van der Waals surface area contributed by atoms with Crippen LogP contribution in [0.25, 0.3) is 5.57 Å². The molecule has 0 amide bonds. The summed E-state index contributed by atoms with van der Waals surface area (Å²) >= 11 is 6.60. The molecule has 2 nitrogen and oxygen atoms in total. The van der Waals surface area contributed by atoms with Gasteiger partial charge in [0.05, 0.1) is 5.69 Å². The Balaban J connectivity index is 2.32. The monoisotopic (exact) mass is 198 g/mol. The van der Waals surface area contributed by atoms with Crippen molar-refractivity contribution in [2.45, 2.75) is 13.0 Å². The van der Waals surface area contributed by atoms with Crippen LogP contribution in [0, 0.1) is 3.95 Å². The van der Waals surface area contributed by atoms with Crippen LogP contribution in [0.3, 0.4) is 0 Å². The first kappa shape index (κ1) is 8.16. The van der Waals surface area contributed by atoms with Crippen LogP contribution in [0.4, 0.5) is 0 Å². The number of H-pyrrole nitrogens is 1. The summed E-state index contributed by atoms with van der Waals surface area (Å²) in [6, 6.07) is 0.488. The van der Waals surface area contributed by atoms with Crippen molar-refractivity contribution in [2.24, 2.45) is 0 Å². The zero-order valence-electron chi connectivity index (χ0n) is 6.76. The van der Waals surface area contributed by atoms with Crippen LogP contribution < -0.4 is 5.32 Å². The molecular weight excluding hydrogens is 188 g/mol. The number of hydrogen-bond donors (Lipinski definition) is 2. The summed E-state index contributed by atoms with van der Waals surface area (Å²) in [6.07, 6.45) is 2.23. The van der Waals surface area contributed by atoms with Gasteiger partial charge in [0.1, 0.15) is 0 Å². The Morgan fingerprint density at radius 3 is 3.00 bits per heavy atom. The Bertz CT molecular complexity index is 361. The van der Waals surface area contributed by atoms with E-state index in [1.807, 2.05) is 0 Å². The molecule has 0 unspecified atom stereocenters. The van der Waals surface area contributed by atoms with Crippen LogP contribution in [-0.2, 0) is 0 Å². The summed E-state index contributed by atoms with van der Waals surface area (Å²) < 4.78 is 0.852. The molecule has 0 saturated heterocycles. The van der Waals surface area contributed by atoms with Gasteiger partial charge < -0.3 is 10.3 Å². The third kappa shape index (κ3) is 1.50. The third-order valence-electron chi connectivity index (χ3n) is 1.93. The van der Waals surface area contributed by atoms with Crippen LogP contribution in [-0.4, -0.2) is 17.6 Å². The molecule has 64 valence electrons. The van der Waals surface area contributed by atoms with Crippen molar-refractivity contribution >= 4 is 29.1 Å². The van der Waals surface area contributed by atoms with E-state index in [0.29, 0.717) is 6.04 Å². The third-order valence-corrected chi connectivity index (χ3v) is 2.99. The largest absolute Gasteiger partial charge is 0.337 e. The van der Waals surface area contributed by atoms with E-state index in [9.17, 15) is 0 Å². The summed E-state index contributed by atoms with van der Waals surface area (Å²) in [5, 5.41) is 5.41. The van der Waals surface area contributed by atoms with Gasteiger partial charge in [-0.3, -0.25) is 0 Å². The van der Waals surface area contributed by atoms with Crippen molar-refractivity contribution in [3.05, 3.63) is 21.1 Å². The van der Waals surface area contributed by atoms with E-state index in [2.05, 4.69) is 28.7 Å². The highest BCUT2D eigenvalue weighted by atomic mass is 32.1. The highest BCUT2D eigenvalue weighted by Crippen LogP contribution is 2.18. The first-order valence-electron chi connectivity index (χ1n) is 3.88. The molecule has 0 saturated carbocycles. The minimum atomic E-state index is 0.488. The fourth-order valence-electron chi connectivity index (χ4n) is 1.31. The standard InChI is InChI=1S/C8H10N2S2/c1-5-2-6(3-9-5)7-4-12-8(11)10-7/h2,4-5,9H,3H2,1H3,(H,10,11)/t5-/m0/s1. The predicted molar refractivity (Wildman–Crippen MR) is 54.9 cm³/mol. The zero-order chi connectivity index (χ0) is 8.55. The van der Waals surface area contributed by atoms with E-state index < -0.39 is 0 Å². The zero-order valence-corrected chi connectivity index (χ0v) is 8.39. The van der Waals surface area contributed by atoms with Crippen molar-refractivity contribution in [1.82, 2.24) is 10.3 Å². The molecule has 1 aromatic heterocycles. The fraction of sp³-hybridized carbons (Fsp3) is 0.375. The second-order valence-electron chi connectivity index (χ2n) is 2.92. The lowest BCUT2D eigenvalue weighted by Crippen LogP contribution is -2.17. The number of rotatable bonds is 1. The molecule has 1 aromatic rings. The summed E-state index contributed by atoms with van der Waals surface area (Å²) in [5.74, 6) is 0. The van der Waals surface area contributed by atoms with E-state index >= 15 is 0 Å². The Morgan fingerprint density at radius 1 is 1.67 bits per heavy atom. The molecule has 0 bridgehead atoms. The smallest absolute Gasteiger partial charge is 0.158 e. The van der Waals surface area contributed by atoms with Crippen molar-refractivity contribution in [1.29, 1.82) is 0 Å². The second kappa shape index (κ2) is 3.12. The fourth-order valence-corrected chi connectivity index (χ4v) is 2.17. The van der Waals surface area contributed by atoms with Crippen LogP contribution in [0.5, 0.6) is 0 Å². The van der Waals surface area contributed by atoms with Crippen molar-refractivity contribution in [2.75, 3.05) is 6.54 Å². The summed E-state index contributed by atoms with van der Waals surface area (Å²) in [4.78, 5) is 3.16. The van der Waals surface area contributed by atoms with Gasteiger partial charge in [0.15, 0.2) is 3.95 Å². The van der Waals surface area contributed by atoms with E-state index in [-0.39, 0.29) is 0 Å².